The first kappa shape index (κ1) is 11.7. The number of rotatable bonds is 1. The van der Waals surface area contributed by atoms with Crippen molar-refractivity contribution < 1.29 is 13.2 Å². The molecule has 2 nitrogen and oxygen atoms in total. The van der Waals surface area contributed by atoms with Crippen molar-refractivity contribution in [3.05, 3.63) is 41.6 Å². The fourth-order valence-corrected chi connectivity index (χ4v) is 1.62. The second-order valence-electron chi connectivity index (χ2n) is 3.93. The van der Waals surface area contributed by atoms with Crippen molar-refractivity contribution in [2.24, 2.45) is 7.05 Å². The fourth-order valence-electron chi connectivity index (χ4n) is 1.62. The van der Waals surface area contributed by atoms with E-state index in [1.54, 1.807) is 24.3 Å². The lowest BCUT2D eigenvalue weighted by Crippen LogP contribution is -2.05. The second-order valence-corrected chi connectivity index (χ2v) is 3.93. The minimum Gasteiger partial charge on any atom is -0.275 e. The first-order chi connectivity index (χ1) is 7.88. The van der Waals surface area contributed by atoms with Gasteiger partial charge in [0.2, 0.25) is 0 Å². The Morgan fingerprint density at radius 2 is 1.71 bits per heavy atom. The number of alkyl halides is 3. The SMILES string of the molecule is Cc1ccc(-c2nn(C)cc2C(F)(F)F)cc1. The average Bonchev–Trinajstić information content (AvgIpc) is 2.61. The van der Waals surface area contributed by atoms with Crippen molar-refractivity contribution in [1.29, 1.82) is 0 Å². The summed E-state index contributed by atoms with van der Waals surface area (Å²) >= 11 is 0. The molecule has 1 heterocycles. The third-order valence-corrected chi connectivity index (χ3v) is 2.46. The molecule has 1 aromatic carbocycles. The van der Waals surface area contributed by atoms with Gasteiger partial charge in [-0.25, -0.2) is 0 Å². The van der Waals surface area contributed by atoms with Crippen LogP contribution in [0.3, 0.4) is 0 Å². The molecule has 0 aliphatic heterocycles. The largest absolute Gasteiger partial charge is 0.420 e. The summed E-state index contributed by atoms with van der Waals surface area (Å²) in [5.74, 6) is 0. The highest BCUT2D eigenvalue weighted by molar-refractivity contribution is 5.63. The Morgan fingerprint density at radius 1 is 1.12 bits per heavy atom. The Balaban J connectivity index is 2.55. The quantitative estimate of drug-likeness (QED) is 0.746. The van der Waals surface area contributed by atoms with Crippen LogP contribution in [-0.4, -0.2) is 9.78 Å². The number of hydrogen-bond donors (Lipinski definition) is 0. The van der Waals surface area contributed by atoms with Gasteiger partial charge in [-0.15, -0.1) is 0 Å². The summed E-state index contributed by atoms with van der Waals surface area (Å²) < 4.78 is 39.5. The molecular weight excluding hydrogens is 229 g/mol. The molecule has 0 saturated carbocycles. The Bertz CT molecular complexity index is 524. The molecule has 5 heteroatoms. The van der Waals surface area contributed by atoms with Crippen molar-refractivity contribution in [3.8, 4) is 11.3 Å². The molecule has 0 unspecified atom stereocenters. The van der Waals surface area contributed by atoms with Gasteiger partial charge in [0.15, 0.2) is 0 Å². The van der Waals surface area contributed by atoms with Gasteiger partial charge in [-0.1, -0.05) is 29.8 Å². The third-order valence-electron chi connectivity index (χ3n) is 2.46. The highest BCUT2D eigenvalue weighted by Crippen LogP contribution is 2.36. The fraction of sp³-hybridized carbons (Fsp3) is 0.250. The number of benzene rings is 1. The molecule has 0 radical (unpaired) electrons. The zero-order valence-corrected chi connectivity index (χ0v) is 9.42. The lowest BCUT2D eigenvalue weighted by Gasteiger charge is -2.06. The molecule has 0 aliphatic carbocycles. The smallest absolute Gasteiger partial charge is 0.275 e. The van der Waals surface area contributed by atoms with Crippen LogP contribution in [0.2, 0.25) is 0 Å². The van der Waals surface area contributed by atoms with Gasteiger partial charge in [-0.2, -0.15) is 18.3 Å². The number of hydrogen-bond acceptors (Lipinski definition) is 1. The Hall–Kier alpha value is -1.78. The van der Waals surface area contributed by atoms with Gasteiger partial charge in [0.25, 0.3) is 0 Å². The van der Waals surface area contributed by atoms with E-state index in [1.807, 2.05) is 6.92 Å². The van der Waals surface area contributed by atoms with Crippen LogP contribution in [0.25, 0.3) is 11.3 Å². The minimum atomic E-state index is -4.38. The van der Waals surface area contributed by atoms with Crippen molar-refractivity contribution in [3.63, 3.8) is 0 Å². The summed E-state index contributed by atoms with van der Waals surface area (Å²) in [6.07, 6.45) is -3.39. The van der Waals surface area contributed by atoms with Gasteiger partial charge in [-0.05, 0) is 6.92 Å². The van der Waals surface area contributed by atoms with Crippen molar-refractivity contribution in [1.82, 2.24) is 9.78 Å². The molecule has 2 rings (SSSR count). The van der Waals surface area contributed by atoms with Crippen LogP contribution in [0.15, 0.2) is 30.5 Å². The number of nitrogens with zero attached hydrogens (tertiary/aromatic N) is 2. The molecule has 0 bridgehead atoms. The molecule has 0 atom stereocenters. The topological polar surface area (TPSA) is 17.8 Å². The van der Waals surface area contributed by atoms with E-state index < -0.39 is 11.7 Å². The summed E-state index contributed by atoms with van der Waals surface area (Å²) in [6.45, 7) is 1.88. The predicted octanol–water partition coefficient (Wildman–Crippen LogP) is 3.41. The van der Waals surface area contributed by atoms with E-state index in [0.717, 1.165) is 11.8 Å². The van der Waals surface area contributed by atoms with Crippen LogP contribution >= 0.6 is 0 Å². The van der Waals surface area contributed by atoms with E-state index in [-0.39, 0.29) is 5.69 Å². The summed E-state index contributed by atoms with van der Waals surface area (Å²) in [7, 11) is 1.48. The van der Waals surface area contributed by atoms with Gasteiger partial charge < -0.3 is 0 Å². The number of aryl methyl sites for hydroxylation is 2. The zero-order valence-electron chi connectivity index (χ0n) is 9.42. The Morgan fingerprint density at radius 3 is 2.24 bits per heavy atom. The number of halogens is 3. The van der Waals surface area contributed by atoms with Crippen molar-refractivity contribution >= 4 is 0 Å². The summed E-state index contributed by atoms with van der Waals surface area (Å²) in [4.78, 5) is 0. The average molecular weight is 240 g/mol. The van der Waals surface area contributed by atoms with Crippen LogP contribution in [-0.2, 0) is 13.2 Å². The molecule has 0 aliphatic rings. The van der Waals surface area contributed by atoms with E-state index in [1.165, 1.54) is 11.7 Å². The Labute approximate surface area is 96.7 Å². The van der Waals surface area contributed by atoms with Gasteiger partial charge >= 0.3 is 6.18 Å². The zero-order chi connectivity index (χ0) is 12.6. The molecule has 17 heavy (non-hydrogen) atoms. The van der Waals surface area contributed by atoms with Crippen LogP contribution < -0.4 is 0 Å². The van der Waals surface area contributed by atoms with Crippen LogP contribution in [0.1, 0.15) is 11.1 Å². The first-order valence-corrected chi connectivity index (χ1v) is 5.06. The molecule has 2 aromatic rings. The molecule has 0 spiro atoms. The molecule has 0 amide bonds. The van der Waals surface area contributed by atoms with Crippen molar-refractivity contribution in [2.45, 2.75) is 13.1 Å². The van der Waals surface area contributed by atoms with E-state index in [9.17, 15) is 13.2 Å². The molecule has 90 valence electrons. The first-order valence-electron chi connectivity index (χ1n) is 5.06. The monoisotopic (exact) mass is 240 g/mol. The maximum atomic E-state index is 12.8. The van der Waals surface area contributed by atoms with E-state index in [0.29, 0.717) is 5.56 Å². The van der Waals surface area contributed by atoms with Crippen LogP contribution in [0.5, 0.6) is 0 Å². The molecule has 0 fully saturated rings. The molecule has 1 aromatic heterocycles. The normalized spacial score (nSPS) is 11.8. The second kappa shape index (κ2) is 3.91. The highest BCUT2D eigenvalue weighted by atomic mass is 19.4. The van der Waals surface area contributed by atoms with Crippen LogP contribution in [0, 0.1) is 6.92 Å². The van der Waals surface area contributed by atoms with Gasteiger partial charge in [0.1, 0.15) is 11.3 Å². The minimum absolute atomic E-state index is 0.0278. The highest BCUT2D eigenvalue weighted by Gasteiger charge is 2.36. The van der Waals surface area contributed by atoms with Crippen LogP contribution in [0.4, 0.5) is 13.2 Å². The lowest BCUT2D eigenvalue weighted by atomic mass is 10.1. The van der Waals surface area contributed by atoms with Crippen molar-refractivity contribution in [2.75, 3.05) is 0 Å². The third kappa shape index (κ3) is 2.33. The number of aromatic nitrogens is 2. The predicted molar refractivity (Wildman–Crippen MR) is 58.4 cm³/mol. The Kier molecular flexibility index (Phi) is 2.69. The van der Waals surface area contributed by atoms with E-state index in [2.05, 4.69) is 5.10 Å². The van der Waals surface area contributed by atoms with Gasteiger partial charge in [0, 0.05) is 18.8 Å². The maximum absolute atomic E-state index is 12.8. The molecule has 0 N–H and O–H groups in total. The lowest BCUT2D eigenvalue weighted by molar-refractivity contribution is -0.137. The molecule has 0 saturated heterocycles. The summed E-state index contributed by atoms with van der Waals surface area (Å²) in [5, 5.41) is 3.87. The standard InChI is InChI=1S/C12H11F3N2/c1-8-3-5-9(6-4-8)11-10(12(13,14)15)7-17(2)16-11/h3-7H,1-2H3. The van der Waals surface area contributed by atoms with E-state index in [4.69, 9.17) is 0 Å². The summed E-state index contributed by atoms with van der Waals surface area (Å²) in [6, 6.07) is 6.83. The maximum Gasteiger partial charge on any atom is 0.420 e. The van der Waals surface area contributed by atoms with Gasteiger partial charge in [-0.3, -0.25) is 4.68 Å². The molecular formula is C12H11F3N2. The van der Waals surface area contributed by atoms with Gasteiger partial charge in [0.05, 0.1) is 0 Å². The summed E-state index contributed by atoms with van der Waals surface area (Å²) in [5.41, 5.74) is 0.741. The van der Waals surface area contributed by atoms with E-state index >= 15 is 0 Å².